The zero-order valence-corrected chi connectivity index (χ0v) is 9.53. The van der Waals surface area contributed by atoms with Gasteiger partial charge in [-0.05, 0) is 24.7 Å². The molecule has 1 N–H and O–H groups in total. The second-order valence-electron chi connectivity index (χ2n) is 3.66. The third kappa shape index (κ3) is 3.71. The molecule has 0 bridgehead atoms. The lowest BCUT2D eigenvalue weighted by Gasteiger charge is -2.15. The molecule has 0 aliphatic carbocycles. The van der Waals surface area contributed by atoms with Crippen LogP contribution in [0.3, 0.4) is 0 Å². The number of rotatable bonds is 4. The minimum absolute atomic E-state index is 0.0149. The van der Waals surface area contributed by atoms with Gasteiger partial charge < -0.3 is 5.32 Å². The van der Waals surface area contributed by atoms with Crippen molar-refractivity contribution in [3.05, 3.63) is 35.4 Å². The van der Waals surface area contributed by atoms with Gasteiger partial charge >= 0.3 is 0 Å². The molecule has 4 heteroatoms. The van der Waals surface area contributed by atoms with Crippen LogP contribution in [0.2, 0.25) is 0 Å². The van der Waals surface area contributed by atoms with Crippen LogP contribution in [-0.4, -0.2) is 31.4 Å². The summed E-state index contributed by atoms with van der Waals surface area (Å²) in [7, 11) is 3.49. The highest BCUT2D eigenvalue weighted by Crippen LogP contribution is 2.06. The molecule has 0 atom stereocenters. The number of nitriles is 1. The molecule has 0 aromatic heterocycles. The van der Waals surface area contributed by atoms with Crippen molar-refractivity contribution in [3.8, 4) is 6.07 Å². The van der Waals surface area contributed by atoms with E-state index in [2.05, 4.69) is 11.4 Å². The van der Waals surface area contributed by atoms with E-state index in [-0.39, 0.29) is 5.91 Å². The molecule has 0 saturated carbocycles. The second-order valence-corrected chi connectivity index (χ2v) is 3.66. The lowest BCUT2D eigenvalue weighted by atomic mass is 10.1. The summed E-state index contributed by atoms with van der Waals surface area (Å²) in [6.45, 7) is 1.01. The van der Waals surface area contributed by atoms with Crippen molar-refractivity contribution in [2.45, 2.75) is 6.54 Å². The molecule has 84 valence electrons. The van der Waals surface area contributed by atoms with Gasteiger partial charge in [-0.15, -0.1) is 0 Å². The summed E-state index contributed by atoms with van der Waals surface area (Å²) < 4.78 is 0. The zero-order chi connectivity index (χ0) is 12.0. The lowest BCUT2D eigenvalue weighted by Crippen LogP contribution is -2.32. The summed E-state index contributed by atoms with van der Waals surface area (Å²) in [5, 5.41) is 11.3. The van der Waals surface area contributed by atoms with Gasteiger partial charge in [-0.1, -0.05) is 12.1 Å². The standard InChI is InChI=1S/C12H15N3O/c1-14-12(16)9-15(2)8-11-5-3-4-10(6-11)7-13/h3-6H,8-9H2,1-2H3,(H,14,16). The first-order valence-corrected chi connectivity index (χ1v) is 5.04. The van der Waals surface area contributed by atoms with E-state index in [0.29, 0.717) is 18.7 Å². The van der Waals surface area contributed by atoms with Gasteiger partial charge in [-0.3, -0.25) is 9.69 Å². The SMILES string of the molecule is CNC(=O)CN(C)Cc1cccc(C#N)c1. The number of nitrogens with one attached hydrogen (secondary N) is 1. The van der Waals surface area contributed by atoms with Crippen molar-refractivity contribution in [1.82, 2.24) is 10.2 Å². The molecule has 0 radical (unpaired) electrons. The molecule has 0 heterocycles. The van der Waals surface area contributed by atoms with Gasteiger partial charge in [0.1, 0.15) is 0 Å². The predicted octanol–water partition coefficient (Wildman–Crippen LogP) is 0.736. The maximum Gasteiger partial charge on any atom is 0.233 e. The van der Waals surface area contributed by atoms with Crippen molar-refractivity contribution >= 4 is 5.91 Å². The predicted molar refractivity (Wildman–Crippen MR) is 61.6 cm³/mol. The summed E-state index contributed by atoms with van der Waals surface area (Å²) in [6.07, 6.45) is 0. The molecule has 0 aliphatic heterocycles. The topological polar surface area (TPSA) is 56.1 Å². The highest BCUT2D eigenvalue weighted by Gasteiger charge is 2.05. The Balaban J connectivity index is 2.59. The molecule has 1 amide bonds. The van der Waals surface area contributed by atoms with Gasteiger partial charge in [0.25, 0.3) is 0 Å². The number of carbonyl (C=O) groups is 1. The normalized spacial score (nSPS) is 9.88. The number of nitrogens with zero attached hydrogens (tertiary/aromatic N) is 2. The Kier molecular flexibility index (Phi) is 4.49. The van der Waals surface area contributed by atoms with Crippen molar-refractivity contribution < 1.29 is 4.79 Å². The van der Waals surface area contributed by atoms with Gasteiger partial charge in [0.2, 0.25) is 5.91 Å². The largest absolute Gasteiger partial charge is 0.358 e. The molecule has 0 fully saturated rings. The molecule has 0 unspecified atom stereocenters. The molecular weight excluding hydrogens is 202 g/mol. The maximum atomic E-state index is 11.1. The highest BCUT2D eigenvalue weighted by molar-refractivity contribution is 5.77. The third-order valence-electron chi connectivity index (χ3n) is 2.20. The first-order valence-electron chi connectivity index (χ1n) is 5.04. The third-order valence-corrected chi connectivity index (χ3v) is 2.20. The van der Waals surface area contributed by atoms with Crippen LogP contribution < -0.4 is 5.32 Å². The molecule has 1 rings (SSSR count). The Morgan fingerprint density at radius 1 is 1.56 bits per heavy atom. The Labute approximate surface area is 95.5 Å². The van der Waals surface area contributed by atoms with Crippen LogP contribution in [0.25, 0.3) is 0 Å². The van der Waals surface area contributed by atoms with Crippen LogP contribution in [0.1, 0.15) is 11.1 Å². The van der Waals surface area contributed by atoms with Crippen molar-refractivity contribution in [2.75, 3.05) is 20.6 Å². The van der Waals surface area contributed by atoms with E-state index in [1.54, 1.807) is 13.1 Å². The fourth-order valence-corrected chi connectivity index (χ4v) is 1.43. The number of carbonyl (C=O) groups excluding carboxylic acids is 1. The quantitative estimate of drug-likeness (QED) is 0.809. The van der Waals surface area contributed by atoms with E-state index in [0.717, 1.165) is 5.56 Å². The Bertz CT molecular complexity index is 409. The zero-order valence-electron chi connectivity index (χ0n) is 9.53. The average molecular weight is 217 g/mol. The van der Waals surface area contributed by atoms with E-state index in [9.17, 15) is 4.79 Å². The van der Waals surface area contributed by atoms with Crippen LogP contribution in [-0.2, 0) is 11.3 Å². The first kappa shape index (κ1) is 12.2. The number of benzene rings is 1. The molecule has 0 saturated heterocycles. The van der Waals surface area contributed by atoms with E-state index in [1.807, 2.05) is 30.1 Å². The summed E-state index contributed by atoms with van der Waals surface area (Å²) in [6, 6.07) is 9.49. The van der Waals surface area contributed by atoms with Gasteiger partial charge in [-0.2, -0.15) is 5.26 Å². The summed E-state index contributed by atoms with van der Waals surface area (Å²) in [4.78, 5) is 13.0. The average Bonchev–Trinajstić information content (AvgIpc) is 2.28. The number of hydrogen-bond acceptors (Lipinski definition) is 3. The Morgan fingerprint density at radius 3 is 2.94 bits per heavy atom. The minimum atomic E-state index is -0.0149. The molecule has 1 aromatic rings. The van der Waals surface area contributed by atoms with E-state index in [4.69, 9.17) is 5.26 Å². The molecule has 0 aliphatic rings. The Morgan fingerprint density at radius 2 is 2.31 bits per heavy atom. The minimum Gasteiger partial charge on any atom is -0.358 e. The lowest BCUT2D eigenvalue weighted by molar-refractivity contribution is -0.121. The molecular formula is C12H15N3O. The fourth-order valence-electron chi connectivity index (χ4n) is 1.43. The van der Waals surface area contributed by atoms with Crippen molar-refractivity contribution in [2.24, 2.45) is 0 Å². The monoisotopic (exact) mass is 217 g/mol. The van der Waals surface area contributed by atoms with Crippen LogP contribution in [0.4, 0.5) is 0 Å². The van der Waals surface area contributed by atoms with Gasteiger partial charge in [0, 0.05) is 13.6 Å². The molecule has 4 nitrogen and oxygen atoms in total. The first-order chi connectivity index (χ1) is 7.65. The number of amides is 1. The molecule has 0 spiro atoms. The van der Waals surface area contributed by atoms with E-state index >= 15 is 0 Å². The van der Waals surface area contributed by atoms with Gasteiger partial charge in [0.15, 0.2) is 0 Å². The van der Waals surface area contributed by atoms with Crippen LogP contribution >= 0.6 is 0 Å². The van der Waals surface area contributed by atoms with Crippen LogP contribution in [0, 0.1) is 11.3 Å². The second kappa shape index (κ2) is 5.89. The molecule has 1 aromatic carbocycles. The van der Waals surface area contributed by atoms with Crippen LogP contribution in [0.15, 0.2) is 24.3 Å². The van der Waals surface area contributed by atoms with Crippen molar-refractivity contribution in [3.63, 3.8) is 0 Å². The summed E-state index contributed by atoms with van der Waals surface area (Å²) in [5.74, 6) is -0.0149. The van der Waals surface area contributed by atoms with E-state index in [1.165, 1.54) is 0 Å². The van der Waals surface area contributed by atoms with E-state index < -0.39 is 0 Å². The van der Waals surface area contributed by atoms with Crippen LogP contribution in [0.5, 0.6) is 0 Å². The fraction of sp³-hybridized carbons (Fsp3) is 0.333. The number of likely N-dealkylation sites (N-methyl/N-ethyl adjacent to an activating group) is 2. The van der Waals surface area contributed by atoms with Gasteiger partial charge in [-0.25, -0.2) is 0 Å². The summed E-state index contributed by atoms with van der Waals surface area (Å²) >= 11 is 0. The number of hydrogen-bond donors (Lipinski definition) is 1. The van der Waals surface area contributed by atoms with Crippen molar-refractivity contribution in [1.29, 1.82) is 5.26 Å². The molecule has 16 heavy (non-hydrogen) atoms. The maximum absolute atomic E-state index is 11.1. The summed E-state index contributed by atoms with van der Waals surface area (Å²) in [5.41, 5.74) is 1.68. The van der Waals surface area contributed by atoms with Gasteiger partial charge in [0.05, 0.1) is 18.2 Å². The Hall–Kier alpha value is -1.86. The smallest absolute Gasteiger partial charge is 0.233 e. The highest BCUT2D eigenvalue weighted by atomic mass is 16.1.